The van der Waals surface area contributed by atoms with Gasteiger partial charge in [0.2, 0.25) is 0 Å². The number of thioether (sulfide) groups is 1. The molecule has 0 heterocycles. The van der Waals surface area contributed by atoms with E-state index in [1.807, 2.05) is 121 Å². The van der Waals surface area contributed by atoms with Gasteiger partial charge in [0, 0.05) is 5.75 Å². The fourth-order valence-electron chi connectivity index (χ4n) is 4.06. The number of aliphatic carboxylic acids is 1. The van der Waals surface area contributed by atoms with Crippen LogP contribution in [0.25, 0.3) is 0 Å². The standard InChI is InChI=1S/C30H27NO4S/c32-28(33)27(31-29(34)35-21-23-13-5-1-6-14-23)22-36-30(24-15-7-2-8-16-24,25-17-9-3-10-18-25)26-19-11-4-12-20-26/h1-20,27H,21-22H2,(H,31,34)(H,32,33)/t27-/m0/s1. The second-order valence-corrected chi connectivity index (χ2v) is 9.42. The first-order valence-electron chi connectivity index (χ1n) is 11.6. The Kier molecular flexibility index (Phi) is 8.42. The summed E-state index contributed by atoms with van der Waals surface area (Å²) in [6.45, 7) is 0.0636. The molecule has 0 aliphatic carbocycles. The Hall–Kier alpha value is -4.03. The average molecular weight is 498 g/mol. The van der Waals surface area contributed by atoms with Gasteiger partial charge in [-0.3, -0.25) is 0 Å². The van der Waals surface area contributed by atoms with Gasteiger partial charge in [0.25, 0.3) is 0 Å². The number of carboxylic acids is 1. The van der Waals surface area contributed by atoms with E-state index in [1.54, 1.807) is 0 Å². The molecule has 0 fully saturated rings. The van der Waals surface area contributed by atoms with Crippen LogP contribution in [0.2, 0.25) is 0 Å². The molecule has 182 valence electrons. The van der Waals surface area contributed by atoms with Gasteiger partial charge in [-0.05, 0) is 22.3 Å². The molecule has 0 aliphatic heterocycles. The maximum Gasteiger partial charge on any atom is 0.408 e. The Labute approximate surface area is 215 Å². The van der Waals surface area contributed by atoms with E-state index in [4.69, 9.17) is 4.74 Å². The third kappa shape index (κ3) is 5.96. The Balaban J connectivity index is 1.61. The Morgan fingerprint density at radius 1 is 0.722 bits per heavy atom. The van der Waals surface area contributed by atoms with Gasteiger partial charge in [-0.1, -0.05) is 121 Å². The quantitative estimate of drug-likeness (QED) is 0.259. The Bertz CT molecular complexity index is 1150. The number of amides is 1. The highest BCUT2D eigenvalue weighted by Gasteiger charge is 2.38. The van der Waals surface area contributed by atoms with Crippen molar-refractivity contribution < 1.29 is 19.4 Å². The van der Waals surface area contributed by atoms with Crippen LogP contribution in [0.1, 0.15) is 22.3 Å². The summed E-state index contributed by atoms with van der Waals surface area (Å²) >= 11 is 1.47. The minimum Gasteiger partial charge on any atom is -0.480 e. The molecular weight excluding hydrogens is 470 g/mol. The van der Waals surface area contributed by atoms with E-state index in [0.717, 1.165) is 22.3 Å². The van der Waals surface area contributed by atoms with E-state index in [9.17, 15) is 14.7 Å². The van der Waals surface area contributed by atoms with Crippen LogP contribution in [0.5, 0.6) is 0 Å². The van der Waals surface area contributed by atoms with Crippen molar-refractivity contribution in [2.75, 3.05) is 5.75 Å². The summed E-state index contributed by atoms with van der Waals surface area (Å²) in [5.74, 6) is -1.00. The number of ether oxygens (including phenoxy) is 1. The van der Waals surface area contributed by atoms with E-state index in [0.29, 0.717) is 0 Å². The van der Waals surface area contributed by atoms with Crippen molar-refractivity contribution >= 4 is 23.8 Å². The molecule has 0 aromatic heterocycles. The van der Waals surface area contributed by atoms with Crippen molar-refractivity contribution in [2.24, 2.45) is 0 Å². The lowest BCUT2D eigenvalue weighted by molar-refractivity contribution is -0.138. The molecule has 5 nitrogen and oxygen atoms in total. The molecule has 0 spiro atoms. The third-order valence-corrected chi connectivity index (χ3v) is 7.45. The average Bonchev–Trinajstić information content (AvgIpc) is 2.94. The fourth-order valence-corrected chi connectivity index (χ4v) is 5.61. The van der Waals surface area contributed by atoms with Crippen molar-refractivity contribution in [3.05, 3.63) is 144 Å². The van der Waals surface area contributed by atoms with Crippen molar-refractivity contribution in [3.63, 3.8) is 0 Å². The number of carboxylic acid groups (broad SMARTS) is 1. The first-order chi connectivity index (χ1) is 17.6. The molecule has 0 unspecified atom stereocenters. The first kappa shape index (κ1) is 25.1. The number of alkyl carbamates (subject to hydrolysis) is 1. The van der Waals surface area contributed by atoms with E-state index in [2.05, 4.69) is 5.32 Å². The normalized spacial score (nSPS) is 11.9. The molecule has 0 saturated carbocycles. The zero-order valence-electron chi connectivity index (χ0n) is 19.6. The molecule has 1 amide bonds. The van der Waals surface area contributed by atoms with Gasteiger partial charge in [-0.25, -0.2) is 9.59 Å². The highest BCUT2D eigenvalue weighted by molar-refractivity contribution is 8.00. The zero-order chi connectivity index (χ0) is 25.2. The summed E-state index contributed by atoms with van der Waals surface area (Å²) in [5.41, 5.74) is 3.87. The summed E-state index contributed by atoms with van der Waals surface area (Å²) in [4.78, 5) is 24.6. The van der Waals surface area contributed by atoms with Gasteiger partial charge < -0.3 is 15.2 Å². The van der Waals surface area contributed by atoms with Gasteiger partial charge in [0.05, 0.1) is 4.75 Å². The first-order valence-corrected chi connectivity index (χ1v) is 12.6. The summed E-state index contributed by atoms with van der Waals surface area (Å²) in [5, 5.41) is 12.5. The van der Waals surface area contributed by atoms with Crippen LogP contribution in [0.4, 0.5) is 4.79 Å². The van der Waals surface area contributed by atoms with Crippen LogP contribution < -0.4 is 5.32 Å². The molecule has 4 aromatic carbocycles. The van der Waals surface area contributed by atoms with Crippen molar-refractivity contribution in [2.45, 2.75) is 17.4 Å². The summed E-state index contributed by atoms with van der Waals surface area (Å²) in [7, 11) is 0. The lowest BCUT2D eigenvalue weighted by atomic mass is 9.84. The number of carbonyl (C=O) groups is 2. The molecule has 0 saturated heterocycles. The minimum absolute atomic E-state index is 0.0636. The van der Waals surface area contributed by atoms with Crippen LogP contribution >= 0.6 is 11.8 Å². The molecule has 36 heavy (non-hydrogen) atoms. The highest BCUT2D eigenvalue weighted by Crippen LogP contribution is 2.48. The predicted molar refractivity (Wildman–Crippen MR) is 143 cm³/mol. The summed E-state index contributed by atoms with van der Waals surface area (Å²) in [6.07, 6.45) is -0.767. The molecule has 0 radical (unpaired) electrons. The van der Waals surface area contributed by atoms with Gasteiger partial charge in [0.15, 0.2) is 0 Å². The SMILES string of the molecule is O=C(N[C@@H](CSC(c1ccccc1)(c1ccccc1)c1ccccc1)C(=O)O)OCc1ccccc1. The van der Waals surface area contributed by atoms with Crippen LogP contribution in [-0.4, -0.2) is 29.0 Å². The summed E-state index contributed by atoms with van der Waals surface area (Å²) < 4.78 is 4.58. The number of nitrogens with one attached hydrogen (secondary N) is 1. The lowest BCUT2D eigenvalue weighted by Gasteiger charge is -2.36. The second-order valence-electron chi connectivity index (χ2n) is 8.19. The van der Waals surface area contributed by atoms with Gasteiger partial charge in [-0.2, -0.15) is 0 Å². The van der Waals surface area contributed by atoms with Crippen LogP contribution in [0, 0.1) is 0 Å². The van der Waals surface area contributed by atoms with Crippen LogP contribution in [0.15, 0.2) is 121 Å². The smallest absolute Gasteiger partial charge is 0.408 e. The maximum atomic E-state index is 12.5. The molecule has 1 atom stereocenters. The highest BCUT2D eigenvalue weighted by atomic mass is 32.2. The second kappa shape index (κ2) is 12.1. The van der Waals surface area contributed by atoms with Gasteiger partial charge in [0.1, 0.15) is 12.6 Å². The molecule has 4 rings (SSSR count). The Morgan fingerprint density at radius 3 is 1.56 bits per heavy atom. The van der Waals surface area contributed by atoms with Gasteiger partial charge in [-0.15, -0.1) is 11.8 Å². The summed E-state index contributed by atoms with van der Waals surface area (Å²) in [6, 6.07) is 38.1. The van der Waals surface area contributed by atoms with E-state index >= 15 is 0 Å². The topological polar surface area (TPSA) is 75.6 Å². The largest absolute Gasteiger partial charge is 0.480 e. The molecular formula is C30H27NO4S. The maximum absolute atomic E-state index is 12.5. The number of benzene rings is 4. The van der Waals surface area contributed by atoms with E-state index in [-0.39, 0.29) is 12.4 Å². The third-order valence-electron chi connectivity index (χ3n) is 5.81. The van der Waals surface area contributed by atoms with Crippen molar-refractivity contribution in [1.82, 2.24) is 5.32 Å². The molecule has 2 N–H and O–H groups in total. The number of hydrogen-bond donors (Lipinski definition) is 2. The minimum atomic E-state index is -1.14. The lowest BCUT2D eigenvalue weighted by Crippen LogP contribution is -2.44. The monoisotopic (exact) mass is 497 g/mol. The molecule has 4 aromatic rings. The van der Waals surface area contributed by atoms with Crippen molar-refractivity contribution in [3.8, 4) is 0 Å². The fraction of sp³-hybridized carbons (Fsp3) is 0.133. The van der Waals surface area contributed by atoms with Crippen LogP contribution in [0.3, 0.4) is 0 Å². The van der Waals surface area contributed by atoms with Gasteiger partial charge >= 0.3 is 12.1 Å². The molecule has 6 heteroatoms. The molecule has 0 aliphatic rings. The number of rotatable bonds is 10. The van der Waals surface area contributed by atoms with Crippen LogP contribution in [-0.2, 0) is 20.9 Å². The zero-order valence-corrected chi connectivity index (χ0v) is 20.4. The number of carbonyl (C=O) groups excluding carboxylic acids is 1. The molecule has 0 bridgehead atoms. The predicted octanol–water partition coefficient (Wildman–Crippen LogP) is 6.09. The van der Waals surface area contributed by atoms with Crippen molar-refractivity contribution in [1.29, 1.82) is 0 Å². The van der Waals surface area contributed by atoms with E-state index < -0.39 is 22.9 Å². The number of hydrogen-bond acceptors (Lipinski definition) is 4. The van der Waals surface area contributed by atoms with E-state index in [1.165, 1.54) is 11.8 Å². The Morgan fingerprint density at radius 2 is 1.14 bits per heavy atom.